The zero-order valence-corrected chi connectivity index (χ0v) is 8.38. The highest BCUT2D eigenvalue weighted by atomic mass is 32.1. The van der Waals surface area contributed by atoms with E-state index < -0.39 is 0 Å². The van der Waals surface area contributed by atoms with Crippen molar-refractivity contribution in [1.82, 2.24) is 4.98 Å². The second kappa shape index (κ2) is 3.74. The van der Waals surface area contributed by atoms with Gasteiger partial charge in [-0.25, -0.2) is 4.98 Å². The molecular weight excluding hydrogens is 186 g/mol. The third kappa shape index (κ3) is 1.90. The van der Waals surface area contributed by atoms with Crippen molar-refractivity contribution in [2.75, 3.05) is 6.61 Å². The highest BCUT2D eigenvalue weighted by Crippen LogP contribution is 2.32. The first-order valence-corrected chi connectivity index (χ1v) is 5.35. The molecule has 1 aromatic heterocycles. The minimum Gasteiger partial charge on any atom is -0.393 e. The van der Waals surface area contributed by atoms with Crippen LogP contribution >= 0.6 is 11.3 Å². The van der Waals surface area contributed by atoms with Gasteiger partial charge in [-0.05, 0) is 13.3 Å². The molecule has 72 valence electrons. The second-order valence-corrected chi connectivity index (χ2v) is 4.23. The molecule has 1 fully saturated rings. The second-order valence-electron chi connectivity index (χ2n) is 3.34. The number of nitrogens with zero attached hydrogens (tertiary/aromatic N) is 1. The number of aromatic nitrogens is 1. The molecule has 2 heterocycles. The molecule has 1 aliphatic heterocycles. The Morgan fingerprint density at radius 3 is 3.15 bits per heavy atom. The van der Waals surface area contributed by atoms with Gasteiger partial charge >= 0.3 is 0 Å². The van der Waals surface area contributed by atoms with E-state index in [1.165, 1.54) is 4.88 Å². The Balaban J connectivity index is 2.12. The molecule has 13 heavy (non-hydrogen) atoms. The fourth-order valence-electron chi connectivity index (χ4n) is 1.58. The van der Waals surface area contributed by atoms with E-state index in [-0.39, 0.29) is 12.2 Å². The molecule has 1 aromatic rings. The Labute approximate surface area is 81.4 Å². The average Bonchev–Trinajstić information content (AvgIpc) is 2.51. The predicted octanol–water partition coefficient (Wildman–Crippen LogP) is 1.66. The Morgan fingerprint density at radius 2 is 2.54 bits per heavy atom. The van der Waals surface area contributed by atoms with Crippen LogP contribution in [0.25, 0.3) is 0 Å². The first-order valence-electron chi connectivity index (χ1n) is 4.47. The van der Waals surface area contributed by atoms with E-state index in [0.717, 1.165) is 12.1 Å². The van der Waals surface area contributed by atoms with Gasteiger partial charge in [-0.3, -0.25) is 0 Å². The highest BCUT2D eigenvalue weighted by molar-refractivity contribution is 7.09. The number of hydrogen-bond donors (Lipinski definition) is 1. The molecule has 1 aliphatic rings. The Hall–Kier alpha value is -0.450. The van der Waals surface area contributed by atoms with Crippen molar-refractivity contribution < 1.29 is 9.84 Å². The monoisotopic (exact) mass is 199 g/mol. The molecular formula is C9H13NO2S. The fourth-order valence-corrected chi connectivity index (χ4v) is 2.45. The number of aliphatic hydroxyl groups excluding tert-OH is 1. The minimum atomic E-state index is -0.208. The summed E-state index contributed by atoms with van der Waals surface area (Å²) in [5.41, 5.74) is 2.86. The Morgan fingerprint density at radius 1 is 1.69 bits per heavy atom. The van der Waals surface area contributed by atoms with Crippen LogP contribution in [0.3, 0.4) is 0 Å². The van der Waals surface area contributed by atoms with Gasteiger partial charge in [0.1, 0.15) is 0 Å². The normalized spacial score (nSPS) is 29.1. The van der Waals surface area contributed by atoms with Crippen molar-refractivity contribution in [2.45, 2.75) is 32.0 Å². The van der Waals surface area contributed by atoms with Crippen LogP contribution in [0.5, 0.6) is 0 Å². The quantitative estimate of drug-likeness (QED) is 0.748. The largest absolute Gasteiger partial charge is 0.393 e. The lowest BCUT2D eigenvalue weighted by molar-refractivity contribution is -0.0434. The average molecular weight is 199 g/mol. The zero-order valence-electron chi connectivity index (χ0n) is 7.56. The molecule has 0 amide bonds. The smallest absolute Gasteiger partial charge is 0.0960 e. The van der Waals surface area contributed by atoms with Gasteiger partial charge in [-0.1, -0.05) is 0 Å². The first-order chi connectivity index (χ1) is 6.27. The molecule has 2 rings (SSSR count). The summed E-state index contributed by atoms with van der Waals surface area (Å²) in [5, 5.41) is 9.47. The molecule has 0 saturated carbocycles. The third-order valence-electron chi connectivity index (χ3n) is 2.33. The van der Waals surface area contributed by atoms with E-state index in [1.54, 1.807) is 11.3 Å². The fraction of sp³-hybridized carbons (Fsp3) is 0.667. The van der Waals surface area contributed by atoms with Crippen molar-refractivity contribution in [2.24, 2.45) is 0 Å². The molecule has 0 radical (unpaired) electrons. The summed E-state index contributed by atoms with van der Waals surface area (Å²) in [6, 6.07) is 0. The van der Waals surface area contributed by atoms with Crippen LogP contribution in [0.15, 0.2) is 5.51 Å². The summed E-state index contributed by atoms with van der Waals surface area (Å²) in [6.45, 7) is 2.64. The molecule has 0 aliphatic carbocycles. The zero-order chi connectivity index (χ0) is 9.26. The van der Waals surface area contributed by atoms with Gasteiger partial charge in [-0.15, -0.1) is 11.3 Å². The van der Waals surface area contributed by atoms with Crippen molar-refractivity contribution in [3.63, 3.8) is 0 Å². The van der Waals surface area contributed by atoms with Crippen molar-refractivity contribution in [1.29, 1.82) is 0 Å². The van der Waals surface area contributed by atoms with Crippen LogP contribution in [-0.2, 0) is 4.74 Å². The van der Waals surface area contributed by atoms with E-state index >= 15 is 0 Å². The standard InChI is InChI=1S/C9H13NO2S/c1-6-9(13-5-10-6)8-4-7(11)2-3-12-8/h5,7-8,11H,2-4H2,1H3. The SMILES string of the molecule is Cc1ncsc1C1CC(O)CCO1. The molecule has 3 nitrogen and oxygen atoms in total. The Kier molecular flexibility index (Phi) is 2.62. The van der Waals surface area contributed by atoms with Gasteiger partial charge in [0, 0.05) is 13.0 Å². The van der Waals surface area contributed by atoms with Gasteiger partial charge in [0.2, 0.25) is 0 Å². The number of hydrogen-bond acceptors (Lipinski definition) is 4. The molecule has 2 atom stereocenters. The molecule has 4 heteroatoms. The van der Waals surface area contributed by atoms with Gasteiger partial charge in [0.15, 0.2) is 0 Å². The molecule has 0 bridgehead atoms. The highest BCUT2D eigenvalue weighted by Gasteiger charge is 2.24. The van der Waals surface area contributed by atoms with Crippen LogP contribution in [0, 0.1) is 6.92 Å². The van der Waals surface area contributed by atoms with E-state index in [2.05, 4.69) is 4.98 Å². The van der Waals surface area contributed by atoms with E-state index in [9.17, 15) is 5.11 Å². The summed E-state index contributed by atoms with van der Waals surface area (Å²) in [7, 11) is 0. The maximum atomic E-state index is 9.47. The molecule has 0 spiro atoms. The first kappa shape index (κ1) is 9.12. The maximum Gasteiger partial charge on any atom is 0.0960 e. The van der Waals surface area contributed by atoms with Crippen LogP contribution in [0.2, 0.25) is 0 Å². The van der Waals surface area contributed by atoms with Crippen LogP contribution in [0.4, 0.5) is 0 Å². The number of aliphatic hydroxyl groups is 1. The summed E-state index contributed by atoms with van der Waals surface area (Å²) in [6.07, 6.45) is 1.33. The lowest BCUT2D eigenvalue weighted by Crippen LogP contribution is -2.23. The summed E-state index contributed by atoms with van der Waals surface area (Å²) < 4.78 is 5.58. The lowest BCUT2D eigenvalue weighted by atomic mass is 10.0. The summed E-state index contributed by atoms with van der Waals surface area (Å²) in [5.74, 6) is 0. The summed E-state index contributed by atoms with van der Waals surface area (Å²) in [4.78, 5) is 5.34. The Bertz CT molecular complexity index is 287. The third-order valence-corrected chi connectivity index (χ3v) is 3.35. The van der Waals surface area contributed by atoms with E-state index in [1.807, 2.05) is 12.4 Å². The minimum absolute atomic E-state index is 0.0660. The van der Waals surface area contributed by atoms with Gasteiger partial charge < -0.3 is 9.84 Å². The summed E-state index contributed by atoms with van der Waals surface area (Å²) >= 11 is 1.61. The molecule has 1 N–H and O–H groups in total. The van der Waals surface area contributed by atoms with Crippen LogP contribution in [0.1, 0.15) is 29.5 Å². The molecule has 0 aromatic carbocycles. The van der Waals surface area contributed by atoms with Crippen LogP contribution in [-0.4, -0.2) is 22.8 Å². The van der Waals surface area contributed by atoms with Gasteiger partial charge in [-0.2, -0.15) is 0 Å². The lowest BCUT2D eigenvalue weighted by Gasteiger charge is -2.25. The number of aryl methyl sites for hydroxylation is 1. The number of thiazole rings is 1. The van der Waals surface area contributed by atoms with E-state index in [4.69, 9.17) is 4.74 Å². The number of rotatable bonds is 1. The topological polar surface area (TPSA) is 42.4 Å². The molecule has 1 saturated heterocycles. The van der Waals surface area contributed by atoms with Crippen LogP contribution < -0.4 is 0 Å². The van der Waals surface area contributed by atoms with Gasteiger partial charge in [0.05, 0.1) is 28.3 Å². The molecule has 2 unspecified atom stereocenters. The van der Waals surface area contributed by atoms with Crippen molar-refractivity contribution in [3.05, 3.63) is 16.1 Å². The van der Waals surface area contributed by atoms with E-state index in [0.29, 0.717) is 13.0 Å². The number of ether oxygens (including phenoxy) is 1. The van der Waals surface area contributed by atoms with Crippen molar-refractivity contribution >= 4 is 11.3 Å². The van der Waals surface area contributed by atoms with Gasteiger partial charge in [0.25, 0.3) is 0 Å². The maximum absolute atomic E-state index is 9.47. The van der Waals surface area contributed by atoms with Crippen molar-refractivity contribution in [3.8, 4) is 0 Å². The predicted molar refractivity (Wildman–Crippen MR) is 50.8 cm³/mol.